The summed E-state index contributed by atoms with van der Waals surface area (Å²) in [5.74, 6) is -0.741. The molecule has 0 saturated heterocycles. The summed E-state index contributed by atoms with van der Waals surface area (Å²) >= 11 is 0. The van der Waals surface area contributed by atoms with E-state index in [9.17, 15) is 13.6 Å². The van der Waals surface area contributed by atoms with Gasteiger partial charge in [0.15, 0.2) is 0 Å². The highest BCUT2D eigenvalue weighted by Crippen LogP contribution is 2.36. The Kier molecular flexibility index (Phi) is 12.3. The minimum Gasteiger partial charge on any atom is -0.465 e. The molecule has 0 amide bonds. The summed E-state index contributed by atoms with van der Waals surface area (Å²) in [4.78, 5) is 14.4. The number of ether oxygens (including phenoxy) is 1. The molecule has 0 heterocycles. The van der Waals surface area contributed by atoms with Crippen LogP contribution in [-0.4, -0.2) is 36.3 Å². The topological polar surface area (TPSA) is 53.4 Å². The van der Waals surface area contributed by atoms with Gasteiger partial charge in [-0.3, -0.25) is 4.90 Å². The fourth-order valence-electron chi connectivity index (χ4n) is 4.83. The largest absolute Gasteiger partial charge is 0.465 e. The molecule has 6 heteroatoms. The molecule has 1 aromatic carbocycles. The number of nitrogens with zero attached hydrogens (tertiary/aromatic N) is 1. The van der Waals surface area contributed by atoms with Crippen molar-refractivity contribution < 1.29 is 18.3 Å². The number of allylic oxidation sites excluding steroid dienone is 4. The Balaban J connectivity index is 2.27. The van der Waals surface area contributed by atoms with Gasteiger partial charge in [0.2, 0.25) is 0 Å². The van der Waals surface area contributed by atoms with Gasteiger partial charge in [-0.15, -0.1) is 0 Å². The molecule has 1 aliphatic carbocycles. The van der Waals surface area contributed by atoms with Crippen molar-refractivity contribution in [2.45, 2.75) is 90.6 Å². The van der Waals surface area contributed by atoms with Gasteiger partial charge in [-0.2, -0.15) is 0 Å². The fraction of sp³-hybridized carbons (Fsp3) is 0.586. The van der Waals surface area contributed by atoms with Crippen molar-refractivity contribution in [3.63, 3.8) is 0 Å². The number of carbonyl (C=O) groups excluding carboxylic acids is 1. The third-order valence-electron chi connectivity index (χ3n) is 7.06. The summed E-state index contributed by atoms with van der Waals surface area (Å²) < 4.78 is 32.3. The highest BCUT2D eigenvalue weighted by molar-refractivity contribution is 5.89. The van der Waals surface area contributed by atoms with Gasteiger partial charge in [-0.05, 0) is 55.0 Å². The van der Waals surface area contributed by atoms with Crippen LogP contribution in [0.5, 0.6) is 0 Å². The van der Waals surface area contributed by atoms with Crippen molar-refractivity contribution in [3.05, 3.63) is 59.2 Å². The van der Waals surface area contributed by atoms with Gasteiger partial charge >= 0.3 is 5.97 Å². The van der Waals surface area contributed by atoms with Crippen molar-refractivity contribution in [2.24, 2.45) is 5.92 Å². The van der Waals surface area contributed by atoms with E-state index in [2.05, 4.69) is 18.7 Å². The minimum absolute atomic E-state index is 0.0681. The maximum Gasteiger partial charge on any atom is 0.337 e. The Hall–Kier alpha value is -2.34. The average molecular weight is 489 g/mol. The van der Waals surface area contributed by atoms with Gasteiger partial charge in [0.1, 0.15) is 5.83 Å². The number of carbonyl (C=O) groups is 1. The van der Waals surface area contributed by atoms with E-state index in [-0.39, 0.29) is 37.1 Å². The lowest BCUT2D eigenvalue weighted by molar-refractivity contribution is 0.0600. The first-order chi connectivity index (χ1) is 16.8. The molecule has 2 atom stereocenters. The molecule has 0 radical (unpaired) electrons. The van der Waals surface area contributed by atoms with E-state index in [1.54, 1.807) is 6.92 Å². The first-order valence-electron chi connectivity index (χ1n) is 13.0. The van der Waals surface area contributed by atoms with Crippen molar-refractivity contribution in [1.82, 2.24) is 4.90 Å². The molecular formula is C29H42F2N2O2. The summed E-state index contributed by atoms with van der Waals surface area (Å²) in [6.45, 7) is 6.56. The maximum atomic E-state index is 14.2. The van der Waals surface area contributed by atoms with E-state index in [0.717, 1.165) is 24.8 Å². The Morgan fingerprint density at radius 3 is 2.29 bits per heavy atom. The second-order valence-electron chi connectivity index (χ2n) is 9.58. The third kappa shape index (κ3) is 8.99. The number of hydrogen-bond donors (Lipinski definition) is 1. The van der Waals surface area contributed by atoms with Crippen LogP contribution >= 0.6 is 0 Å². The molecule has 0 spiro atoms. The second kappa shape index (κ2) is 14.9. The average Bonchev–Trinajstić information content (AvgIpc) is 2.90. The van der Waals surface area contributed by atoms with Gasteiger partial charge in [-0.1, -0.05) is 58.6 Å². The van der Waals surface area contributed by atoms with Crippen LogP contribution in [0.1, 0.15) is 101 Å². The zero-order valence-electron chi connectivity index (χ0n) is 21.8. The fourth-order valence-corrected chi connectivity index (χ4v) is 4.83. The Labute approximate surface area is 209 Å². The molecule has 194 valence electrons. The van der Waals surface area contributed by atoms with Crippen LogP contribution in [-0.2, 0) is 4.74 Å². The van der Waals surface area contributed by atoms with Crippen LogP contribution in [0.25, 0.3) is 0 Å². The van der Waals surface area contributed by atoms with Gasteiger partial charge in [0.05, 0.1) is 18.5 Å². The monoisotopic (exact) mass is 488 g/mol. The number of methoxy groups -OCH3 is 1. The highest BCUT2D eigenvalue weighted by atomic mass is 19.1. The first kappa shape index (κ1) is 28.9. The molecule has 2 rings (SSSR count). The zero-order valence-corrected chi connectivity index (χ0v) is 21.8. The molecule has 2 unspecified atom stereocenters. The van der Waals surface area contributed by atoms with Crippen molar-refractivity contribution >= 4 is 11.7 Å². The molecule has 1 aliphatic rings. The van der Waals surface area contributed by atoms with Crippen molar-refractivity contribution in [2.75, 3.05) is 13.7 Å². The van der Waals surface area contributed by atoms with Gasteiger partial charge in [0.25, 0.3) is 0 Å². The molecule has 1 saturated carbocycles. The maximum absolute atomic E-state index is 14.2. The summed E-state index contributed by atoms with van der Waals surface area (Å²) in [5.41, 5.74) is 2.09. The lowest BCUT2D eigenvalue weighted by Crippen LogP contribution is -2.44. The highest BCUT2D eigenvalue weighted by Gasteiger charge is 2.32. The summed E-state index contributed by atoms with van der Waals surface area (Å²) in [7, 11) is 1.38. The predicted octanol–water partition coefficient (Wildman–Crippen LogP) is 8.11. The van der Waals surface area contributed by atoms with E-state index < -0.39 is 5.83 Å². The molecule has 0 aliphatic heterocycles. The van der Waals surface area contributed by atoms with Gasteiger partial charge in [-0.25, -0.2) is 13.6 Å². The third-order valence-corrected chi connectivity index (χ3v) is 7.06. The van der Waals surface area contributed by atoms with Crippen molar-refractivity contribution in [3.8, 4) is 0 Å². The van der Waals surface area contributed by atoms with Crippen LogP contribution in [0, 0.1) is 11.3 Å². The minimum atomic E-state index is -0.403. The normalized spacial score (nSPS) is 17.3. The van der Waals surface area contributed by atoms with Crippen LogP contribution in [0.4, 0.5) is 8.78 Å². The molecule has 0 aromatic heterocycles. The number of esters is 1. The van der Waals surface area contributed by atoms with E-state index >= 15 is 0 Å². The van der Waals surface area contributed by atoms with Crippen molar-refractivity contribution in [1.29, 1.82) is 5.41 Å². The molecule has 1 N–H and O–H groups in total. The van der Waals surface area contributed by atoms with E-state index in [1.807, 2.05) is 24.3 Å². The number of nitrogens with one attached hydrogen (secondary N) is 1. The lowest BCUT2D eigenvalue weighted by Gasteiger charge is -2.43. The quantitative estimate of drug-likeness (QED) is 0.225. The Bertz CT molecular complexity index is 873. The van der Waals surface area contributed by atoms with Crippen LogP contribution in [0.15, 0.2) is 48.1 Å². The number of halogens is 2. The summed E-state index contributed by atoms with van der Waals surface area (Å²) in [5, 5.41) is 8.65. The standard InChI is InChI=1S/C29H42F2N2O2/c1-5-21(3)28(22-12-14-23(15-13-22)29(34)35-4)33(27-10-8-7-9-11-27)20-26(32)19-18-25(31)17-16-24(30)6-2/h12-16,18,21,27-28,32H,5-11,17,19-20H2,1-4H3/b24-16+,25-18+,32-26?. The number of hydrogen-bond acceptors (Lipinski definition) is 4. The summed E-state index contributed by atoms with van der Waals surface area (Å²) in [6.07, 6.45) is 9.81. The number of benzene rings is 1. The molecule has 35 heavy (non-hydrogen) atoms. The SMILES string of the molecule is CC/C(F)=C\C/C(F)=C\CC(=N)CN(C1CCCCC1)C(c1ccc(C(=O)OC)cc1)C(C)CC. The summed E-state index contributed by atoms with van der Waals surface area (Å²) in [6, 6.07) is 8.06. The molecule has 1 aromatic rings. The van der Waals surface area contributed by atoms with Crippen LogP contribution < -0.4 is 0 Å². The van der Waals surface area contributed by atoms with Crippen LogP contribution in [0.3, 0.4) is 0 Å². The van der Waals surface area contributed by atoms with E-state index in [4.69, 9.17) is 10.1 Å². The Morgan fingerprint density at radius 1 is 1.09 bits per heavy atom. The van der Waals surface area contributed by atoms with E-state index in [1.165, 1.54) is 38.5 Å². The second-order valence-corrected chi connectivity index (χ2v) is 9.58. The van der Waals surface area contributed by atoms with Crippen LogP contribution in [0.2, 0.25) is 0 Å². The molecule has 0 bridgehead atoms. The first-order valence-corrected chi connectivity index (χ1v) is 13.0. The number of rotatable bonds is 13. The lowest BCUT2D eigenvalue weighted by atomic mass is 9.86. The van der Waals surface area contributed by atoms with Gasteiger partial charge in [0, 0.05) is 37.2 Å². The molecular weight excluding hydrogens is 446 g/mol. The predicted molar refractivity (Wildman–Crippen MR) is 139 cm³/mol. The smallest absolute Gasteiger partial charge is 0.337 e. The molecule has 4 nitrogen and oxygen atoms in total. The zero-order chi connectivity index (χ0) is 25.8. The molecule has 1 fully saturated rings. The Morgan fingerprint density at radius 2 is 1.71 bits per heavy atom. The van der Waals surface area contributed by atoms with Gasteiger partial charge < -0.3 is 10.1 Å². The van der Waals surface area contributed by atoms with E-state index in [0.29, 0.717) is 29.8 Å².